The van der Waals surface area contributed by atoms with E-state index in [4.69, 9.17) is 4.74 Å². The smallest absolute Gasteiger partial charge is 0.221 e. The molecule has 0 radical (unpaired) electrons. The Kier molecular flexibility index (Phi) is 5.42. The average Bonchev–Trinajstić information content (AvgIpc) is 3.35. The molecular weight excluding hydrogens is 350 g/mol. The number of aryl methyl sites for hydroxylation is 1. The highest BCUT2D eigenvalue weighted by Crippen LogP contribution is 2.29. The minimum absolute atomic E-state index is 0.00277. The van der Waals surface area contributed by atoms with E-state index >= 15 is 0 Å². The molecule has 3 aromatic rings. The highest BCUT2D eigenvalue weighted by molar-refractivity contribution is 5.77. The maximum absolute atomic E-state index is 12.7. The summed E-state index contributed by atoms with van der Waals surface area (Å²) in [7, 11) is 1.66. The number of carbonyl (C=O) groups excluding carboxylic acids is 1. The van der Waals surface area contributed by atoms with Crippen molar-refractivity contribution in [2.75, 3.05) is 7.11 Å². The van der Waals surface area contributed by atoms with Crippen molar-refractivity contribution in [2.24, 2.45) is 0 Å². The van der Waals surface area contributed by atoms with E-state index in [0.717, 1.165) is 41.8 Å². The van der Waals surface area contributed by atoms with Crippen LogP contribution in [0.25, 0.3) is 0 Å². The molecule has 1 aliphatic rings. The standard InChI is InChI=1S/C23H25N3O2/c1-28-18-12-10-17(11-13-18)20(16-6-3-2-4-7-16)14-23(27)24-15-22-19-8-5-9-21(19)25-26-22/h2-4,6-7,10-13,20H,5,8-9,14-15H2,1H3,(H,24,27)(H,25,26)/t20-/m0/s1. The third-order valence-corrected chi connectivity index (χ3v) is 5.45. The Morgan fingerprint density at radius 2 is 1.86 bits per heavy atom. The van der Waals surface area contributed by atoms with Crippen molar-refractivity contribution < 1.29 is 9.53 Å². The van der Waals surface area contributed by atoms with Crippen LogP contribution in [0.3, 0.4) is 0 Å². The number of rotatable bonds is 7. The summed E-state index contributed by atoms with van der Waals surface area (Å²) in [6.07, 6.45) is 3.67. The first-order valence-electron chi connectivity index (χ1n) is 9.75. The summed E-state index contributed by atoms with van der Waals surface area (Å²) in [5.74, 6) is 0.837. The topological polar surface area (TPSA) is 67.0 Å². The zero-order chi connectivity index (χ0) is 19.3. The van der Waals surface area contributed by atoms with Crippen molar-refractivity contribution >= 4 is 5.91 Å². The molecule has 5 heteroatoms. The highest BCUT2D eigenvalue weighted by Gasteiger charge is 2.21. The molecular formula is C23H25N3O2. The lowest BCUT2D eigenvalue weighted by Gasteiger charge is -2.18. The highest BCUT2D eigenvalue weighted by atomic mass is 16.5. The Bertz CT molecular complexity index is 932. The summed E-state index contributed by atoms with van der Waals surface area (Å²) >= 11 is 0. The third-order valence-electron chi connectivity index (χ3n) is 5.45. The quantitative estimate of drug-likeness (QED) is 0.661. The minimum atomic E-state index is -0.00277. The number of fused-ring (bicyclic) bond motifs is 1. The second kappa shape index (κ2) is 8.30. The summed E-state index contributed by atoms with van der Waals surface area (Å²) < 4.78 is 5.26. The Morgan fingerprint density at radius 1 is 1.11 bits per heavy atom. The molecule has 1 atom stereocenters. The van der Waals surface area contributed by atoms with Gasteiger partial charge in [0.05, 0.1) is 19.3 Å². The number of aromatic nitrogens is 2. The first kappa shape index (κ1) is 18.3. The Labute approximate surface area is 165 Å². The molecule has 4 rings (SSSR count). The summed E-state index contributed by atoms with van der Waals surface area (Å²) in [6, 6.07) is 18.1. The Hall–Kier alpha value is -3.08. The number of H-pyrrole nitrogens is 1. The van der Waals surface area contributed by atoms with Gasteiger partial charge in [0, 0.05) is 18.0 Å². The fourth-order valence-corrected chi connectivity index (χ4v) is 3.92. The summed E-state index contributed by atoms with van der Waals surface area (Å²) in [4.78, 5) is 12.7. The van der Waals surface area contributed by atoms with Crippen LogP contribution in [0.1, 0.15) is 46.8 Å². The van der Waals surface area contributed by atoms with Crippen LogP contribution in [-0.2, 0) is 24.2 Å². The van der Waals surface area contributed by atoms with E-state index in [1.807, 2.05) is 42.5 Å². The van der Waals surface area contributed by atoms with E-state index in [-0.39, 0.29) is 11.8 Å². The minimum Gasteiger partial charge on any atom is -0.497 e. The number of nitrogens with one attached hydrogen (secondary N) is 2. The molecule has 5 nitrogen and oxygen atoms in total. The predicted molar refractivity (Wildman–Crippen MR) is 108 cm³/mol. The number of hydrogen-bond donors (Lipinski definition) is 2. The fraction of sp³-hybridized carbons (Fsp3) is 0.304. The zero-order valence-corrected chi connectivity index (χ0v) is 16.1. The van der Waals surface area contributed by atoms with Gasteiger partial charge < -0.3 is 10.1 Å². The van der Waals surface area contributed by atoms with Gasteiger partial charge in [-0.05, 0) is 48.1 Å². The van der Waals surface area contributed by atoms with Crippen molar-refractivity contribution in [3.63, 3.8) is 0 Å². The predicted octanol–water partition coefficient (Wildman–Crippen LogP) is 3.75. The van der Waals surface area contributed by atoms with Crippen LogP contribution in [0.15, 0.2) is 54.6 Å². The molecule has 0 aliphatic heterocycles. The van der Waals surface area contributed by atoms with Crippen LogP contribution >= 0.6 is 0 Å². The number of benzene rings is 2. The van der Waals surface area contributed by atoms with Crippen molar-refractivity contribution in [3.05, 3.63) is 82.7 Å². The molecule has 1 aromatic heterocycles. The van der Waals surface area contributed by atoms with Crippen LogP contribution < -0.4 is 10.1 Å². The maximum Gasteiger partial charge on any atom is 0.221 e. The number of hydrogen-bond acceptors (Lipinski definition) is 3. The van der Waals surface area contributed by atoms with Crippen LogP contribution in [0.4, 0.5) is 0 Å². The van der Waals surface area contributed by atoms with Crippen molar-refractivity contribution in [3.8, 4) is 5.75 Å². The zero-order valence-electron chi connectivity index (χ0n) is 16.1. The summed E-state index contributed by atoms with van der Waals surface area (Å²) in [5.41, 5.74) is 5.72. The molecule has 1 amide bonds. The second-order valence-electron chi connectivity index (χ2n) is 7.20. The SMILES string of the molecule is COc1ccc([C@@H](CC(=O)NCc2n[nH]c3c2CCC3)c2ccccc2)cc1. The van der Waals surface area contributed by atoms with Gasteiger partial charge in [-0.2, -0.15) is 5.10 Å². The van der Waals surface area contributed by atoms with Crippen LogP contribution in [0.2, 0.25) is 0 Å². The molecule has 144 valence electrons. The molecule has 28 heavy (non-hydrogen) atoms. The summed E-state index contributed by atoms with van der Waals surface area (Å²) in [6.45, 7) is 0.481. The normalized spacial score (nSPS) is 13.8. The van der Waals surface area contributed by atoms with Gasteiger partial charge in [0.25, 0.3) is 0 Å². The van der Waals surface area contributed by atoms with Crippen molar-refractivity contribution in [1.29, 1.82) is 0 Å². The number of carbonyl (C=O) groups is 1. The number of amides is 1. The van der Waals surface area contributed by atoms with E-state index in [1.54, 1.807) is 7.11 Å². The molecule has 2 N–H and O–H groups in total. The van der Waals surface area contributed by atoms with Gasteiger partial charge in [-0.3, -0.25) is 9.89 Å². The molecule has 1 heterocycles. The lowest BCUT2D eigenvalue weighted by molar-refractivity contribution is -0.121. The van der Waals surface area contributed by atoms with E-state index in [0.29, 0.717) is 13.0 Å². The lowest BCUT2D eigenvalue weighted by Crippen LogP contribution is -2.25. The van der Waals surface area contributed by atoms with Crippen LogP contribution in [0, 0.1) is 0 Å². The van der Waals surface area contributed by atoms with Crippen LogP contribution in [0.5, 0.6) is 5.75 Å². The number of nitrogens with zero attached hydrogens (tertiary/aromatic N) is 1. The lowest BCUT2D eigenvalue weighted by atomic mass is 9.88. The van der Waals surface area contributed by atoms with Gasteiger partial charge in [-0.1, -0.05) is 42.5 Å². The van der Waals surface area contributed by atoms with Gasteiger partial charge in [0.1, 0.15) is 5.75 Å². The Morgan fingerprint density at radius 3 is 2.61 bits per heavy atom. The molecule has 2 aromatic carbocycles. The van der Waals surface area contributed by atoms with Gasteiger partial charge in [0.2, 0.25) is 5.91 Å². The third kappa shape index (κ3) is 3.93. The molecule has 0 unspecified atom stereocenters. The van der Waals surface area contributed by atoms with Gasteiger partial charge in [0.15, 0.2) is 0 Å². The Balaban J connectivity index is 1.47. The van der Waals surface area contributed by atoms with E-state index < -0.39 is 0 Å². The van der Waals surface area contributed by atoms with Gasteiger partial charge in [-0.25, -0.2) is 0 Å². The molecule has 0 bridgehead atoms. The number of ether oxygens (including phenoxy) is 1. The molecule has 0 saturated carbocycles. The number of aromatic amines is 1. The molecule has 1 aliphatic carbocycles. The van der Waals surface area contributed by atoms with Gasteiger partial charge in [-0.15, -0.1) is 0 Å². The first-order valence-corrected chi connectivity index (χ1v) is 9.75. The fourth-order valence-electron chi connectivity index (χ4n) is 3.92. The summed E-state index contributed by atoms with van der Waals surface area (Å²) in [5, 5.41) is 10.5. The van der Waals surface area contributed by atoms with E-state index in [2.05, 4.69) is 27.6 Å². The molecule has 0 spiro atoms. The monoisotopic (exact) mass is 375 g/mol. The first-order chi connectivity index (χ1) is 13.7. The van der Waals surface area contributed by atoms with Crippen molar-refractivity contribution in [1.82, 2.24) is 15.5 Å². The van der Waals surface area contributed by atoms with E-state index in [9.17, 15) is 4.79 Å². The van der Waals surface area contributed by atoms with E-state index in [1.165, 1.54) is 11.3 Å². The molecule has 0 fully saturated rings. The largest absolute Gasteiger partial charge is 0.497 e. The van der Waals surface area contributed by atoms with Crippen molar-refractivity contribution in [2.45, 2.75) is 38.1 Å². The number of methoxy groups -OCH3 is 1. The molecule has 0 saturated heterocycles. The maximum atomic E-state index is 12.7. The second-order valence-corrected chi connectivity index (χ2v) is 7.20. The van der Waals surface area contributed by atoms with Gasteiger partial charge >= 0.3 is 0 Å². The average molecular weight is 375 g/mol. The van der Waals surface area contributed by atoms with Crippen LogP contribution in [-0.4, -0.2) is 23.2 Å².